The van der Waals surface area contributed by atoms with Crippen molar-refractivity contribution in [1.82, 2.24) is 0 Å². The van der Waals surface area contributed by atoms with Gasteiger partial charge in [0.05, 0.1) is 17.7 Å². The summed E-state index contributed by atoms with van der Waals surface area (Å²) < 4.78 is 5.73. The molecule has 0 amide bonds. The van der Waals surface area contributed by atoms with Crippen LogP contribution in [0.1, 0.15) is 38.2 Å². The SMILES string of the molecule is C=C(COc1ccccc1)/C(=C/CO)C(O)CC/C(=C/c1ccc(O)cc1Cl)CCC. The largest absolute Gasteiger partial charge is 0.508 e. The van der Waals surface area contributed by atoms with Gasteiger partial charge in [0.1, 0.15) is 18.1 Å². The van der Waals surface area contributed by atoms with Crippen LogP contribution in [0.3, 0.4) is 0 Å². The summed E-state index contributed by atoms with van der Waals surface area (Å²) >= 11 is 6.24. The molecule has 166 valence electrons. The fraction of sp³-hybridized carbons (Fsp3) is 0.308. The van der Waals surface area contributed by atoms with Gasteiger partial charge in [0.2, 0.25) is 0 Å². The molecule has 1 unspecified atom stereocenters. The molecule has 0 radical (unpaired) electrons. The molecule has 0 fully saturated rings. The molecule has 2 rings (SSSR count). The predicted molar refractivity (Wildman–Crippen MR) is 127 cm³/mol. The maximum atomic E-state index is 10.8. The minimum Gasteiger partial charge on any atom is -0.508 e. The lowest BCUT2D eigenvalue weighted by Gasteiger charge is -2.19. The second kappa shape index (κ2) is 13.0. The van der Waals surface area contributed by atoms with Crippen molar-refractivity contribution in [2.24, 2.45) is 0 Å². The highest BCUT2D eigenvalue weighted by atomic mass is 35.5. The number of aromatic hydroxyl groups is 1. The number of hydrogen-bond donors (Lipinski definition) is 3. The van der Waals surface area contributed by atoms with E-state index < -0.39 is 6.10 Å². The second-order valence-corrected chi connectivity index (χ2v) is 7.77. The lowest BCUT2D eigenvalue weighted by molar-refractivity contribution is 0.198. The summed E-state index contributed by atoms with van der Waals surface area (Å²) in [6.07, 6.45) is 5.83. The Morgan fingerprint density at radius 3 is 2.55 bits per heavy atom. The third kappa shape index (κ3) is 8.25. The minimum absolute atomic E-state index is 0.129. The summed E-state index contributed by atoms with van der Waals surface area (Å²) in [7, 11) is 0. The van der Waals surface area contributed by atoms with Crippen molar-refractivity contribution >= 4 is 17.7 Å². The molecule has 1 atom stereocenters. The van der Waals surface area contributed by atoms with Crippen LogP contribution in [0.15, 0.2) is 77.9 Å². The maximum absolute atomic E-state index is 10.8. The monoisotopic (exact) mass is 442 g/mol. The minimum atomic E-state index is -0.769. The zero-order chi connectivity index (χ0) is 22.6. The molecule has 2 aromatic rings. The van der Waals surface area contributed by atoms with Gasteiger partial charge in [-0.1, -0.05) is 67.4 Å². The number of phenols is 1. The van der Waals surface area contributed by atoms with E-state index in [9.17, 15) is 15.3 Å². The van der Waals surface area contributed by atoms with Crippen LogP contribution in [-0.4, -0.2) is 34.6 Å². The summed E-state index contributed by atoms with van der Waals surface area (Å²) in [4.78, 5) is 0. The van der Waals surface area contributed by atoms with Gasteiger partial charge in [0.15, 0.2) is 0 Å². The molecule has 3 N–H and O–H groups in total. The summed E-state index contributed by atoms with van der Waals surface area (Å²) in [5, 5.41) is 30.2. The highest BCUT2D eigenvalue weighted by Gasteiger charge is 2.15. The van der Waals surface area contributed by atoms with Crippen molar-refractivity contribution in [3.8, 4) is 11.5 Å². The van der Waals surface area contributed by atoms with Crippen LogP contribution in [0.4, 0.5) is 0 Å². The summed E-state index contributed by atoms with van der Waals surface area (Å²) in [5.41, 5.74) is 3.22. The molecule has 0 spiro atoms. The standard InChI is InChI=1S/C26H31ClO4/c1-3-7-20(16-21-11-12-22(29)17-25(21)27)10-13-26(30)24(14-15-28)19(2)18-31-23-8-5-4-6-9-23/h4-6,8-9,11-12,14,16-17,26,28-30H,2-3,7,10,13,15,18H2,1H3/b20-16+,24-14-. The Labute approximate surface area is 189 Å². The number of rotatable bonds is 12. The molecule has 5 heteroatoms. The number of aliphatic hydroxyl groups is 2. The summed E-state index contributed by atoms with van der Waals surface area (Å²) in [6.45, 7) is 6.19. The van der Waals surface area contributed by atoms with Crippen LogP contribution < -0.4 is 4.74 Å². The Kier molecular flexibility index (Phi) is 10.4. The number of aliphatic hydroxyl groups excluding tert-OH is 2. The van der Waals surface area contributed by atoms with Crippen LogP contribution in [0, 0.1) is 0 Å². The Bertz CT molecular complexity index is 903. The molecular weight excluding hydrogens is 412 g/mol. The highest BCUT2D eigenvalue weighted by molar-refractivity contribution is 6.32. The maximum Gasteiger partial charge on any atom is 0.119 e. The number of phenolic OH excluding ortho intramolecular Hbond substituents is 1. The van der Waals surface area contributed by atoms with Gasteiger partial charge < -0.3 is 20.1 Å². The number of benzene rings is 2. The first-order valence-electron chi connectivity index (χ1n) is 10.5. The number of allylic oxidation sites excluding steroid dienone is 1. The van der Waals surface area contributed by atoms with Crippen molar-refractivity contribution in [3.05, 3.63) is 88.5 Å². The average molecular weight is 443 g/mol. The Balaban J connectivity index is 2.04. The first-order chi connectivity index (χ1) is 14.9. The van der Waals surface area contributed by atoms with Crippen LogP contribution >= 0.6 is 11.6 Å². The zero-order valence-corrected chi connectivity index (χ0v) is 18.7. The van der Waals surface area contributed by atoms with E-state index in [1.165, 1.54) is 6.07 Å². The topological polar surface area (TPSA) is 69.9 Å². The normalized spacial score (nSPS) is 13.2. The second-order valence-electron chi connectivity index (χ2n) is 7.36. The molecular formula is C26H31ClO4. The summed E-state index contributed by atoms with van der Waals surface area (Å²) in [6, 6.07) is 14.3. The molecule has 4 nitrogen and oxygen atoms in total. The number of para-hydroxylation sites is 1. The quantitative estimate of drug-likeness (QED) is 0.356. The van der Waals surface area contributed by atoms with Crippen LogP contribution in [-0.2, 0) is 0 Å². The third-order valence-corrected chi connectivity index (χ3v) is 5.22. The van der Waals surface area contributed by atoms with E-state index in [4.69, 9.17) is 16.3 Å². The number of hydrogen-bond acceptors (Lipinski definition) is 4. The smallest absolute Gasteiger partial charge is 0.119 e. The molecule has 0 saturated carbocycles. The van der Waals surface area contributed by atoms with Crippen LogP contribution in [0.5, 0.6) is 11.5 Å². The zero-order valence-electron chi connectivity index (χ0n) is 17.9. The van der Waals surface area contributed by atoms with E-state index in [2.05, 4.69) is 13.5 Å². The number of halogens is 1. The Morgan fingerprint density at radius 2 is 1.90 bits per heavy atom. The van der Waals surface area contributed by atoms with Crippen molar-refractivity contribution in [1.29, 1.82) is 0 Å². The van der Waals surface area contributed by atoms with Gasteiger partial charge in [-0.15, -0.1) is 0 Å². The van der Waals surface area contributed by atoms with Crippen LogP contribution in [0.2, 0.25) is 5.02 Å². The van der Waals surface area contributed by atoms with Crippen molar-refractivity contribution in [2.75, 3.05) is 13.2 Å². The van der Waals surface area contributed by atoms with Gasteiger partial charge in [0.25, 0.3) is 0 Å². The fourth-order valence-corrected chi connectivity index (χ4v) is 3.54. The fourth-order valence-electron chi connectivity index (χ4n) is 3.31. The van der Waals surface area contributed by atoms with Gasteiger partial charge >= 0.3 is 0 Å². The van der Waals surface area contributed by atoms with E-state index in [0.717, 1.165) is 29.7 Å². The highest BCUT2D eigenvalue weighted by Crippen LogP contribution is 2.27. The lowest BCUT2D eigenvalue weighted by Crippen LogP contribution is -2.16. The van der Waals surface area contributed by atoms with E-state index >= 15 is 0 Å². The third-order valence-electron chi connectivity index (χ3n) is 4.89. The predicted octanol–water partition coefficient (Wildman–Crippen LogP) is 5.92. The van der Waals surface area contributed by atoms with Crippen molar-refractivity contribution in [3.63, 3.8) is 0 Å². The van der Waals surface area contributed by atoms with Gasteiger partial charge in [-0.3, -0.25) is 0 Å². The first-order valence-corrected chi connectivity index (χ1v) is 10.8. The van der Waals surface area contributed by atoms with Gasteiger partial charge in [-0.2, -0.15) is 0 Å². The number of ether oxygens (including phenoxy) is 1. The molecule has 0 aliphatic carbocycles. The van der Waals surface area contributed by atoms with Gasteiger partial charge in [0, 0.05) is 0 Å². The Hall–Kier alpha value is -2.53. The Morgan fingerprint density at radius 1 is 1.16 bits per heavy atom. The van der Waals surface area contributed by atoms with Crippen LogP contribution in [0.25, 0.3) is 6.08 Å². The van der Waals surface area contributed by atoms with E-state index in [1.807, 2.05) is 36.4 Å². The molecule has 0 aromatic heterocycles. The molecule has 0 saturated heterocycles. The average Bonchev–Trinajstić information content (AvgIpc) is 2.76. The van der Waals surface area contributed by atoms with Crippen molar-refractivity contribution < 1.29 is 20.1 Å². The van der Waals surface area contributed by atoms with Crippen molar-refractivity contribution in [2.45, 2.75) is 38.7 Å². The molecule has 2 aromatic carbocycles. The van der Waals surface area contributed by atoms with E-state index in [-0.39, 0.29) is 19.0 Å². The molecule has 0 aliphatic heterocycles. The molecule has 0 bridgehead atoms. The summed E-state index contributed by atoms with van der Waals surface area (Å²) in [5.74, 6) is 0.852. The first kappa shape index (κ1) is 24.7. The van der Waals surface area contributed by atoms with Gasteiger partial charge in [-0.05, 0) is 66.3 Å². The lowest BCUT2D eigenvalue weighted by atomic mass is 9.94. The molecule has 0 heterocycles. The van der Waals surface area contributed by atoms with Gasteiger partial charge in [-0.25, -0.2) is 0 Å². The molecule has 31 heavy (non-hydrogen) atoms. The van der Waals surface area contributed by atoms with E-state index in [0.29, 0.717) is 29.0 Å². The van der Waals surface area contributed by atoms with E-state index in [1.54, 1.807) is 18.2 Å². The molecule has 0 aliphatic rings.